The molecule has 36 heavy (non-hydrogen) atoms. The highest BCUT2D eigenvalue weighted by atomic mass is 28.4. The molecule has 0 radical (unpaired) electrons. The van der Waals surface area contributed by atoms with Gasteiger partial charge in [-0.05, 0) is 41.0 Å². The number of rotatable bonds is 16. The monoisotopic (exact) mass is 527 g/mol. The van der Waals surface area contributed by atoms with Crippen molar-refractivity contribution >= 4 is 32.6 Å². The minimum atomic E-state index is -3.14. The second-order valence-corrected chi connectivity index (χ2v) is 10.6. The Labute approximate surface area is 213 Å². The molecule has 1 aliphatic rings. The van der Waals surface area contributed by atoms with E-state index in [0.29, 0.717) is 32.8 Å². The van der Waals surface area contributed by atoms with E-state index in [1.54, 1.807) is 0 Å². The van der Waals surface area contributed by atoms with Crippen molar-refractivity contribution in [3.63, 3.8) is 0 Å². The zero-order chi connectivity index (χ0) is 27.3. The maximum atomic E-state index is 12.8. The Morgan fingerprint density at radius 1 is 0.889 bits per heavy atom. The molecule has 0 aromatic heterocycles. The Morgan fingerprint density at radius 3 is 1.72 bits per heavy atom. The number of carbonyl (C=O) groups excluding carboxylic acids is 4. The quantitative estimate of drug-likeness (QED) is 0.127. The number of hydrogen-bond acceptors (Lipinski definition) is 10. The summed E-state index contributed by atoms with van der Waals surface area (Å²) in [5, 5.41) is 0. The summed E-state index contributed by atoms with van der Waals surface area (Å²) in [7, 11) is -3.14. The molecular formula is C24H37NO10Si. The van der Waals surface area contributed by atoms with Gasteiger partial charge in [0.2, 0.25) is 5.91 Å². The first kappa shape index (κ1) is 31.2. The molecular weight excluding hydrogens is 490 g/mol. The van der Waals surface area contributed by atoms with Gasteiger partial charge in [0.05, 0.1) is 0 Å². The summed E-state index contributed by atoms with van der Waals surface area (Å²) >= 11 is 0. The molecule has 12 heteroatoms. The Morgan fingerprint density at radius 2 is 1.36 bits per heavy atom. The van der Waals surface area contributed by atoms with E-state index in [1.807, 2.05) is 20.8 Å². The number of carbonyl (C=O) groups is 4. The third-order valence-electron chi connectivity index (χ3n) is 4.89. The Kier molecular flexibility index (Phi) is 13.3. The van der Waals surface area contributed by atoms with E-state index >= 15 is 0 Å². The summed E-state index contributed by atoms with van der Waals surface area (Å²) < 4.78 is 32.9. The van der Waals surface area contributed by atoms with Crippen molar-refractivity contribution in [3.8, 4) is 0 Å². The van der Waals surface area contributed by atoms with E-state index in [4.69, 9.17) is 27.5 Å². The predicted octanol–water partition coefficient (Wildman–Crippen LogP) is 1.88. The van der Waals surface area contributed by atoms with Gasteiger partial charge in [-0.3, -0.25) is 4.79 Å². The molecule has 1 rings (SSSR count). The molecule has 1 atom stereocenters. The van der Waals surface area contributed by atoms with Crippen LogP contribution in [0.1, 0.15) is 41.0 Å². The van der Waals surface area contributed by atoms with Gasteiger partial charge in [-0.15, -0.1) is 0 Å². The lowest BCUT2D eigenvalue weighted by Gasteiger charge is -2.47. The molecule has 0 aromatic carbocycles. The van der Waals surface area contributed by atoms with Crippen LogP contribution in [0, 0.1) is 0 Å². The first-order chi connectivity index (χ1) is 17.0. The molecule has 0 aliphatic carbocycles. The Balaban J connectivity index is 2.84. The molecule has 1 unspecified atom stereocenters. The first-order valence-electron chi connectivity index (χ1n) is 11.8. The molecule has 1 aliphatic heterocycles. The highest BCUT2D eigenvalue weighted by molar-refractivity contribution is 6.63. The van der Waals surface area contributed by atoms with Crippen molar-refractivity contribution < 1.29 is 46.7 Å². The van der Waals surface area contributed by atoms with Crippen LogP contribution in [0.2, 0.25) is 0 Å². The lowest BCUT2D eigenvalue weighted by molar-refractivity contribution is -0.160. The molecule has 1 saturated heterocycles. The number of ether oxygens (including phenoxy) is 3. The number of hydrogen-bond donors (Lipinski definition) is 0. The summed E-state index contributed by atoms with van der Waals surface area (Å²) in [5.41, 5.74) is -0.0554. The maximum absolute atomic E-state index is 12.8. The fourth-order valence-electron chi connectivity index (χ4n) is 3.17. The van der Waals surface area contributed by atoms with Crippen molar-refractivity contribution in [1.29, 1.82) is 0 Å². The minimum Gasteiger partial charge on any atom is -0.458 e. The molecule has 1 fully saturated rings. The van der Waals surface area contributed by atoms with Gasteiger partial charge in [0, 0.05) is 49.7 Å². The van der Waals surface area contributed by atoms with Crippen molar-refractivity contribution in [3.05, 3.63) is 36.5 Å². The molecule has 1 heterocycles. The Hall–Kier alpha value is -2.80. The van der Waals surface area contributed by atoms with Crippen LogP contribution in [0.4, 0.5) is 0 Å². The van der Waals surface area contributed by atoms with E-state index in [1.165, 1.54) is 18.7 Å². The van der Waals surface area contributed by atoms with E-state index in [2.05, 4.69) is 13.2 Å². The van der Waals surface area contributed by atoms with Crippen LogP contribution in [0.5, 0.6) is 0 Å². The third kappa shape index (κ3) is 9.34. The third-order valence-corrected chi connectivity index (χ3v) is 8.38. The summed E-state index contributed by atoms with van der Waals surface area (Å²) in [5.74, 6) is -2.70. The van der Waals surface area contributed by atoms with E-state index in [-0.39, 0.29) is 30.0 Å². The second-order valence-electron chi connectivity index (χ2n) is 7.89. The lowest BCUT2D eigenvalue weighted by atomic mass is 10.2. The van der Waals surface area contributed by atoms with Crippen LogP contribution < -0.4 is 0 Å². The molecule has 1 amide bonds. The number of nitrogens with zero attached hydrogens (tertiary/aromatic N) is 1. The van der Waals surface area contributed by atoms with E-state index in [0.717, 1.165) is 12.2 Å². The van der Waals surface area contributed by atoms with Crippen LogP contribution >= 0.6 is 0 Å². The molecule has 202 valence electrons. The Bertz CT molecular complexity index is 809. The molecule has 0 saturated carbocycles. The smallest absolute Gasteiger partial charge is 0.458 e. The van der Waals surface area contributed by atoms with Crippen LogP contribution in [-0.2, 0) is 46.7 Å². The highest BCUT2D eigenvalue weighted by Gasteiger charge is 2.56. The first-order valence-corrected chi connectivity index (χ1v) is 13.6. The second kappa shape index (κ2) is 15.3. The van der Waals surface area contributed by atoms with Gasteiger partial charge in [-0.25, -0.2) is 14.4 Å². The SMILES string of the molecule is C=C(C)C(=O)OCC(COC(=O)C(=C)C)OC(=O)/C=C/C(=O)N1CCC1[Si](OCC)(OCC)OCC. The fraction of sp³-hybridized carbons (Fsp3) is 0.583. The summed E-state index contributed by atoms with van der Waals surface area (Å²) in [6.45, 7) is 16.2. The maximum Gasteiger partial charge on any atom is 0.524 e. The number of likely N-dealkylation sites (tertiary alicyclic amines) is 1. The van der Waals surface area contributed by atoms with Crippen molar-refractivity contribution in [2.45, 2.75) is 52.8 Å². The fourth-order valence-corrected chi connectivity index (χ4v) is 6.33. The normalized spacial score (nSPS) is 15.4. The molecule has 0 N–H and O–H groups in total. The van der Waals surface area contributed by atoms with E-state index < -0.39 is 38.7 Å². The molecule has 0 spiro atoms. The van der Waals surface area contributed by atoms with E-state index in [9.17, 15) is 19.2 Å². The van der Waals surface area contributed by atoms with Gasteiger partial charge in [-0.1, -0.05) is 13.2 Å². The summed E-state index contributed by atoms with van der Waals surface area (Å²) in [6, 6.07) is 0. The zero-order valence-corrected chi connectivity index (χ0v) is 22.7. The van der Waals surface area contributed by atoms with Crippen LogP contribution in [-0.4, -0.2) is 88.9 Å². The molecule has 0 aromatic rings. The standard InChI is InChI=1S/C24H37NO10Si/c1-8-32-36(33-9-2,34-10-3)21-13-14-25(21)20(26)11-12-22(27)35-19(15-30-23(28)17(4)5)16-31-24(29)18(6)7/h11-12,19,21H,4,6,8-10,13-16H2,1-3,5,7H3/b12-11+. The van der Waals surface area contributed by atoms with Gasteiger partial charge in [-0.2, -0.15) is 0 Å². The summed E-state index contributed by atoms with van der Waals surface area (Å²) in [4.78, 5) is 50.1. The van der Waals surface area contributed by atoms with Crippen LogP contribution in [0.25, 0.3) is 0 Å². The average Bonchev–Trinajstić information content (AvgIpc) is 2.78. The van der Waals surface area contributed by atoms with Gasteiger partial charge in [0.25, 0.3) is 0 Å². The van der Waals surface area contributed by atoms with Crippen molar-refractivity contribution in [1.82, 2.24) is 4.90 Å². The van der Waals surface area contributed by atoms with Crippen LogP contribution in [0.15, 0.2) is 36.5 Å². The topological polar surface area (TPSA) is 127 Å². The summed E-state index contributed by atoms with van der Waals surface area (Å²) in [6.07, 6.45) is 1.58. The van der Waals surface area contributed by atoms with Gasteiger partial charge < -0.3 is 32.4 Å². The van der Waals surface area contributed by atoms with Gasteiger partial charge in [0.1, 0.15) is 18.9 Å². The van der Waals surface area contributed by atoms with Gasteiger partial charge >= 0.3 is 26.7 Å². The minimum absolute atomic E-state index is 0.152. The average molecular weight is 528 g/mol. The lowest BCUT2D eigenvalue weighted by Crippen LogP contribution is -2.69. The molecule has 0 bridgehead atoms. The van der Waals surface area contributed by atoms with Crippen LogP contribution in [0.3, 0.4) is 0 Å². The van der Waals surface area contributed by atoms with Crippen molar-refractivity contribution in [2.75, 3.05) is 39.6 Å². The number of amides is 1. The zero-order valence-electron chi connectivity index (χ0n) is 21.7. The largest absolute Gasteiger partial charge is 0.524 e. The number of esters is 3. The van der Waals surface area contributed by atoms with Gasteiger partial charge in [0.15, 0.2) is 6.10 Å². The van der Waals surface area contributed by atoms with Crippen molar-refractivity contribution in [2.24, 2.45) is 0 Å². The highest BCUT2D eigenvalue weighted by Crippen LogP contribution is 2.30. The molecule has 11 nitrogen and oxygen atoms in total. The predicted molar refractivity (Wildman–Crippen MR) is 131 cm³/mol.